The maximum Gasteiger partial charge on any atom is 0.165 e. The van der Waals surface area contributed by atoms with Gasteiger partial charge in [-0.05, 0) is 97.5 Å². The highest BCUT2D eigenvalue weighted by Gasteiger charge is 2.59. The Bertz CT molecular complexity index is 898. The minimum Gasteiger partial charge on any atom is -0.393 e. The van der Waals surface area contributed by atoms with Crippen LogP contribution in [0.15, 0.2) is 41.5 Å². The molecule has 0 heterocycles. The van der Waals surface area contributed by atoms with Gasteiger partial charge in [-0.3, -0.25) is 4.79 Å². The topological polar surface area (TPSA) is 37.3 Å². The van der Waals surface area contributed by atoms with Crippen LogP contribution in [0.1, 0.15) is 64.4 Å². The van der Waals surface area contributed by atoms with Crippen LogP contribution in [-0.2, 0) is 4.79 Å². The summed E-state index contributed by atoms with van der Waals surface area (Å²) >= 11 is 0. The molecule has 1 aromatic carbocycles. The Morgan fingerprint density at radius 3 is 2.52 bits per heavy atom. The Labute approximate surface area is 172 Å². The summed E-state index contributed by atoms with van der Waals surface area (Å²) in [5.41, 5.74) is 3.22. The average molecular weight is 395 g/mol. The van der Waals surface area contributed by atoms with Gasteiger partial charge in [0.2, 0.25) is 0 Å². The third kappa shape index (κ3) is 2.88. The number of ketones is 1. The van der Waals surface area contributed by atoms with E-state index in [1.807, 2.05) is 6.08 Å². The fraction of sp³-hybridized carbons (Fsp3) is 0.577. The van der Waals surface area contributed by atoms with Gasteiger partial charge in [0.1, 0.15) is 5.82 Å². The maximum absolute atomic E-state index is 13.4. The Hall–Kier alpha value is -1.74. The fourth-order valence-corrected chi connectivity index (χ4v) is 7.20. The summed E-state index contributed by atoms with van der Waals surface area (Å²) in [5.74, 6) is 1.61. The highest BCUT2D eigenvalue weighted by atomic mass is 19.1. The van der Waals surface area contributed by atoms with Crippen LogP contribution in [0, 0.1) is 34.4 Å². The van der Waals surface area contributed by atoms with Crippen LogP contribution in [0.5, 0.6) is 0 Å². The molecule has 0 radical (unpaired) electrons. The summed E-state index contributed by atoms with van der Waals surface area (Å²) in [5, 5.41) is 10.2. The summed E-state index contributed by atoms with van der Waals surface area (Å²) < 4.78 is 13.3. The van der Waals surface area contributed by atoms with E-state index in [-0.39, 0.29) is 22.8 Å². The normalized spacial score (nSPS) is 42.8. The van der Waals surface area contributed by atoms with Gasteiger partial charge in [-0.2, -0.15) is 0 Å². The average Bonchev–Trinajstić information content (AvgIpc) is 2.95. The molecule has 29 heavy (non-hydrogen) atoms. The lowest BCUT2D eigenvalue weighted by Gasteiger charge is -2.56. The molecule has 0 bridgehead atoms. The van der Waals surface area contributed by atoms with Gasteiger partial charge in [-0.1, -0.05) is 37.6 Å². The van der Waals surface area contributed by atoms with E-state index in [9.17, 15) is 14.3 Å². The lowest BCUT2D eigenvalue weighted by Crippen LogP contribution is -2.50. The summed E-state index contributed by atoms with van der Waals surface area (Å²) in [4.78, 5) is 13.4. The monoisotopic (exact) mass is 394 g/mol. The molecule has 1 aromatic rings. The highest BCUT2D eigenvalue weighted by Crippen LogP contribution is 2.64. The molecule has 6 atom stereocenters. The maximum atomic E-state index is 13.4. The number of carbonyl (C=O) groups excluding carboxylic acids is 1. The molecule has 0 amide bonds. The van der Waals surface area contributed by atoms with Gasteiger partial charge in [-0.25, -0.2) is 4.39 Å². The lowest BCUT2D eigenvalue weighted by atomic mass is 9.48. The Morgan fingerprint density at radius 2 is 1.76 bits per heavy atom. The van der Waals surface area contributed by atoms with Crippen molar-refractivity contribution in [3.8, 4) is 0 Å². The predicted octanol–water partition coefficient (Wildman–Crippen LogP) is 5.71. The smallest absolute Gasteiger partial charge is 0.165 e. The summed E-state index contributed by atoms with van der Waals surface area (Å²) in [6, 6.07) is 6.43. The third-order valence-electron chi connectivity index (χ3n) is 8.93. The van der Waals surface area contributed by atoms with E-state index in [2.05, 4.69) is 19.9 Å². The van der Waals surface area contributed by atoms with Crippen molar-refractivity contribution >= 4 is 11.9 Å². The first-order chi connectivity index (χ1) is 13.8. The second-order valence-electron chi connectivity index (χ2n) is 10.4. The molecule has 4 aliphatic rings. The molecule has 3 heteroatoms. The van der Waals surface area contributed by atoms with Crippen molar-refractivity contribution in [1.82, 2.24) is 0 Å². The van der Waals surface area contributed by atoms with Crippen LogP contribution in [0.4, 0.5) is 4.39 Å². The number of aliphatic hydroxyl groups excluding tert-OH is 1. The molecule has 3 fully saturated rings. The molecule has 0 unspecified atom stereocenters. The number of fused-ring (bicyclic) bond motifs is 5. The van der Waals surface area contributed by atoms with Crippen LogP contribution in [-0.4, -0.2) is 17.0 Å². The largest absolute Gasteiger partial charge is 0.393 e. The number of Topliss-reactive ketones (excluding diaryl/α,β-unsaturated/α-hetero) is 1. The van der Waals surface area contributed by atoms with E-state index in [4.69, 9.17) is 0 Å². The third-order valence-corrected chi connectivity index (χ3v) is 8.93. The molecule has 0 aromatic heterocycles. The van der Waals surface area contributed by atoms with Crippen molar-refractivity contribution in [1.29, 1.82) is 0 Å². The van der Waals surface area contributed by atoms with Crippen molar-refractivity contribution in [2.75, 3.05) is 0 Å². The van der Waals surface area contributed by atoms with Crippen molar-refractivity contribution in [2.24, 2.45) is 28.6 Å². The quantitative estimate of drug-likeness (QED) is 0.489. The van der Waals surface area contributed by atoms with Gasteiger partial charge in [-0.15, -0.1) is 0 Å². The molecular weight excluding hydrogens is 363 g/mol. The number of rotatable bonds is 1. The van der Waals surface area contributed by atoms with E-state index in [1.54, 1.807) is 12.1 Å². The first-order valence-corrected chi connectivity index (χ1v) is 11.2. The van der Waals surface area contributed by atoms with Crippen molar-refractivity contribution < 1.29 is 14.3 Å². The fourth-order valence-electron chi connectivity index (χ4n) is 7.20. The SMILES string of the molecule is C[C@@]12CC[C@H]3[C@@H](CC=C4C[C@H](O)CC[C@@]43C)[C@H]1CC(=Cc1ccc(F)cc1)C2=O. The number of carbonyl (C=O) groups is 1. The Morgan fingerprint density at radius 1 is 1.03 bits per heavy atom. The molecule has 5 rings (SSSR count). The summed E-state index contributed by atoms with van der Waals surface area (Å²) in [6.07, 6.45) is 11.0. The number of aliphatic hydroxyl groups is 1. The molecule has 0 saturated heterocycles. The number of hydrogen-bond donors (Lipinski definition) is 1. The van der Waals surface area contributed by atoms with Gasteiger partial charge in [0.25, 0.3) is 0 Å². The number of benzene rings is 1. The minimum absolute atomic E-state index is 0.182. The van der Waals surface area contributed by atoms with Crippen molar-refractivity contribution in [2.45, 2.75) is 64.9 Å². The molecule has 154 valence electrons. The number of allylic oxidation sites excluding steroid dienone is 2. The first-order valence-electron chi connectivity index (χ1n) is 11.2. The highest BCUT2D eigenvalue weighted by molar-refractivity contribution is 6.05. The van der Waals surface area contributed by atoms with Crippen molar-refractivity contribution in [3.63, 3.8) is 0 Å². The van der Waals surface area contributed by atoms with Gasteiger partial charge in [0.05, 0.1) is 6.10 Å². The van der Waals surface area contributed by atoms with Gasteiger partial charge < -0.3 is 5.11 Å². The van der Waals surface area contributed by atoms with E-state index in [1.165, 1.54) is 17.7 Å². The minimum atomic E-state index is -0.261. The number of hydrogen-bond acceptors (Lipinski definition) is 2. The van der Waals surface area contributed by atoms with Crippen LogP contribution in [0.2, 0.25) is 0 Å². The summed E-state index contributed by atoms with van der Waals surface area (Å²) in [6.45, 7) is 4.60. The second-order valence-corrected chi connectivity index (χ2v) is 10.4. The van der Waals surface area contributed by atoms with E-state index >= 15 is 0 Å². The number of halogens is 1. The van der Waals surface area contributed by atoms with Crippen LogP contribution >= 0.6 is 0 Å². The van der Waals surface area contributed by atoms with Crippen LogP contribution in [0.3, 0.4) is 0 Å². The zero-order valence-electron chi connectivity index (χ0n) is 17.5. The lowest BCUT2D eigenvalue weighted by molar-refractivity contribution is -0.130. The van der Waals surface area contributed by atoms with Gasteiger partial charge in [0.15, 0.2) is 5.78 Å². The Kier molecular flexibility index (Phi) is 4.40. The standard InChI is InChI=1S/C26H31FO2/c1-25-11-9-20(28)15-18(25)5-8-21-22(25)10-12-26(2)23(21)14-17(24(26)29)13-16-3-6-19(27)7-4-16/h3-7,13,20-23,28H,8-12,14-15H2,1-2H3/t20-,21-,22+,23-,25+,26-/m1/s1. The first kappa shape index (κ1) is 19.2. The predicted molar refractivity (Wildman–Crippen MR) is 112 cm³/mol. The molecule has 3 saturated carbocycles. The molecule has 4 aliphatic carbocycles. The van der Waals surface area contributed by atoms with Crippen LogP contribution < -0.4 is 0 Å². The Balaban J connectivity index is 1.47. The van der Waals surface area contributed by atoms with E-state index in [0.717, 1.165) is 56.1 Å². The van der Waals surface area contributed by atoms with E-state index < -0.39 is 0 Å². The van der Waals surface area contributed by atoms with Gasteiger partial charge >= 0.3 is 0 Å². The molecule has 0 aliphatic heterocycles. The molecular formula is C26H31FO2. The zero-order chi connectivity index (χ0) is 20.4. The van der Waals surface area contributed by atoms with Crippen LogP contribution in [0.25, 0.3) is 6.08 Å². The van der Waals surface area contributed by atoms with Crippen molar-refractivity contribution in [3.05, 3.63) is 52.9 Å². The molecule has 1 N–H and O–H groups in total. The molecule has 2 nitrogen and oxygen atoms in total. The van der Waals surface area contributed by atoms with E-state index in [0.29, 0.717) is 23.5 Å². The van der Waals surface area contributed by atoms with Gasteiger partial charge in [0, 0.05) is 5.41 Å². The second kappa shape index (κ2) is 6.63. The summed E-state index contributed by atoms with van der Waals surface area (Å²) in [7, 11) is 0. The zero-order valence-corrected chi connectivity index (χ0v) is 17.5. The molecule has 0 spiro atoms.